The van der Waals surface area contributed by atoms with E-state index in [4.69, 9.17) is 23.9 Å². The Balaban J connectivity index is 1.52. The second-order valence-corrected chi connectivity index (χ2v) is 18.2. The number of carbonyl (C=O) groups is 4. The van der Waals surface area contributed by atoms with E-state index in [2.05, 4.69) is 15.4 Å². The van der Waals surface area contributed by atoms with E-state index in [1.807, 2.05) is 39.0 Å². The summed E-state index contributed by atoms with van der Waals surface area (Å²) in [6.07, 6.45) is 6.04. The molecule has 2 aliphatic heterocycles. The number of carbonyl (C=O) groups excluding carboxylic acids is 4. The van der Waals surface area contributed by atoms with E-state index in [9.17, 15) is 27.6 Å². The SMILES string of the molecule is COc1ccc2c(OC3CC4C(=O)NC(C(=O)NS(=O)(=O)C5CC5)C(C)C=CCCCCCC(NC(=O)OC(C)(C)C)C(=O)N4C3)cc(OC(C)C)nc2c1C. The molecule has 0 radical (unpaired) electrons. The van der Waals surface area contributed by atoms with Crippen molar-refractivity contribution in [3.05, 3.63) is 35.9 Å². The number of hydrogen-bond donors (Lipinski definition) is 3. The van der Waals surface area contributed by atoms with E-state index in [1.165, 1.54) is 4.90 Å². The maximum absolute atomic E-state index is 14.6. The molecule has 16 heteroatoms. The zero-order chi connectivity index (χ0) is 40.9. The molecule has 1 aliphatic carbocycles. The molecule has 1 aromatic carbocycles. The van der Waals surface area contributed by atoms with Gasteiger partial charge in [0.15, 0.2) is 0 Å². The van der Waals surface area contributed by atoms with Crippen molar-refractivity contribution in [2.24, 2.45) is 5.92 Å². The minimum atomic E-state index is -3.92. The highest BCUT2D eigenvalue weighted by Crippen LogP contribution is 2.37. The molecule has 15 nitrogen and oxygen atoms in total. The average molecular weight is 800 g/mol. The Bertz CT molecular complexity index is 1920. The summed E-state index contributed by atoms with van der Waals surface area (Å²) in [6.45, 7) is 12.5. The predicted molar refractivity (Wildman–Crippen MR) is 210 cm³/mol. The minimum absolute atomic E-state index is 0.0228. The Labute approximate surface area is 329 Å². The van der Waals surface area contributed by atoms with Crippen LogP contribution < -0.4 is 29.6 Å². The van der Waals surface area contributed by atoms with E-state index in [0.29, 0.717) is 60.4 Å². The zero-order valence-electron chi connectivity index (χ0n) is 33.7. The lowest BCUT2D eigenvalue weighted by molar-refractivity contribution is -0.141. The molecule has 2 fully saturated rings. The van der Waals surface area contributed by atoms with Crippen molar-refractivity contribution >= 4 is 44.7 Å². The summed E-state index contributed by atoms with van der Waals surface area (Å²) in [5.41, 5.74) is 0.546. The van der Waals surface area contributed by atoms with Crippen molar-refractivity contribution in [1.82, 2.24) is 25.2 Å². The molecular weight excluding hydrogens is 743 g/mol. The number of nitrogens with zero attached hydrogens (tertiary/aromatic N) is 2. The molecule has 2 aromatic rings. The lowest BCUT2D eigenvalue weighted by Crippen LogP contribution is -2.58. The molecular formula is C40H57N5O10S. The molecule has 1 aromatic heterocycles. The quantitative estimate of drug-likeness (QED) is 0.295. The smallest absolute Gasteiger partial charge is 0.408 e. The molecule has 1 saturated heterocycles. The van der Waals surface area contributed by atoms with Crippen LogP contribution in [0.3, 0.4) is 0 Å². The van der Waals surface area contributed by atoms with E-state index >= 15 is 0 Å². The first-order chi connectivity index (χ1) is 26.4. The maximum atomic E-state index is 14.6. The van der Waals surface area contributed by atoms with Crippen LogP contribution in [-0.2, 0) is 29.1 Å². The van der Waals surface area contributed by atoms with E-state index in [0.717, 1.165) is 18.4 Å². The van der Waals surface area contributed by atoms with Gasteiger partial charge in [0, 0.05) is 29.4 Å². The van der Waals surface area contributed by atoms with Crippen molar-refractivity contribution in [3.63, 3.8) is 0 Å². The summed E-state index contributed by atoms with van der Waals surface area (Å²) < 4.78 is 51.5. The van der Waals surface area contributed by atoms with Gasteiger partial charge in [-0.05, 0) is 85.8 Å². The fourth-order valence-corrected chi connectivity index (χ4v) is 8.33. The van der Waals surface area contributed by atoms with Crippen LogP contribution in [0.25, 0.3) is 10.9 Å². The largest absolute Gasteiger partial charge is 0.496 e. The molecule has 4 amide bonds. The molecule has 0 bridgehead atoms. The van der Waals surface area contributed by atoms with Crippen molar-refractivity contribution in [3.8, 4) is 17.4 Å². The number of allylic oxidation sites excluding steroid dienone is 1. The van der Waals surface area contributed by atoms with Crippen molar-refractivity contribution in [2.75, 3.05) is 13.7 Å². The molecule has 1 saturated carbocycles. The van der Waals surface area contributed by atoms with Crippen LogP contribution in [0.15, 0.2) is 30.4 Å². The number of nitrogens with one attached hydrogen (secondary N) is 3. The van der Waals surface area contributed by atoms with Gasteiger partial charge in [-0.25, -0.2) is 18.2 Å². The highest BCUT2D eigenvalue weighted by molar-refractivity contribution is 7.90. The third kappa shape index (κ3) is 10.8. The van der Waals surface area contributed by atoms with Gasteiger partial charge in [-0.15, -0.1) is 0 Å². The van der Waals surface area contributed by atoms with Crippen LogP contribution in [0.5, 0.6) is 17.4 Å². The number of hydrogen-bond acceptors (Lipinski definition) is 11. The van der Waals surface area contributed by atoms with Gasteiger partial charge in [-0.3, -0.25) is 19.1 Å². The van der Waals surface area contributed by atoms with Crippen molar-refractivity contribution < 1.29 is 46.5 Å². The van der Waals surface area contributed by atoms with Crippen LogP contribution in [0.1, 0.15) is 98.5 Å². The molecule has 0 spiro atoms. The second kappa shape index (κ2) is 17.7. The number of benzene rings is 1. The number of ether oxygens (including phenoxy) is 4. The number of amides is 4. The van der Waals surface area contributed by atoms with Gasteiger partial charge < -0.3 is 34.5 Å². The van der Waals surface area contributed by atoms with Crippen molar-refractivity contribution in [2.45, 2.75) is 141 Å². The number of pyridine rings is 1. The van der Waals surface area contributed by atoms with Gasteiger partial charge in [0.2, 0.25) is 27.7 Å². The van der Waals surface area contributed by atoms with E-state index in [1.54, 1.807) is 46.9 Å². The Hall–Kier alpha value is -4.60. The Morgan fingerprint density at radius 3 is 2.45 bits per heavy atom. The molecule has 5 unspecified atom stereocenters. The normalized spacial score (nSPS) is 24.1. The summed E-state index contributed by atoms with van der Waals surface area (Å²) in [5.74, 6) is -1.25. The first kappa shape index (κ1) is 42.5. The Morgan fingerprint density at radius 2 is 1.79 bits per heavy atom. The molecule has 3 N–H and O–H groups in total. The molecule has 308 valence electrons. The number of aromatic nitrogens is 1. The molecule has 5 rings (SSSR count). The minimum Gasteiger partial charge on any atom is -0.496 e. The van der Waals surface area contributed by atoms with Crippen LogP contribution in [0, 0.1) is 12.8 Å². The molecule has 56 heavy (non-hydrogen) atoms. The summed E-state index contributed by atoms with van der Waals surface area (Å²) in [7, 11) is -2.34. The van der Waals surface area contributed by atoms with Gasteiger partial charge >= 0.3 is 6.09 Å². The van der Waals surface area contributed by atoms with Gasteiger partial charge in [0.1, 0.15) is 41.3 Å². The molecule has 3 heterocycles. The summed E-state index contributed by atoms with van der Waals surface area (Å²) in [6, 6.07) is 1.87. The first-order valence-electron chi connectivity index (χ1n) is 19.5. The topological polar surface area (TPSA) is 192 Å². The third-order valence-corrected chi connectivity index (χ3v) is 11.8. The van der Waals surface area contributed by atoms with Gasteiger partial charge in [0.25, 0.3) is 5.91 Å². The number of aryl methyl sites for hydroxylation is 1. The summed E-state index contributed by atoms with van der Waals surface area (Å²) >= 11 is 0. The van der Waals surface area contributed by atoms with Crippen LogP contribution in [0.2, 0.25) is 0 Å². The number of alkyl carbamates (subject to hydrolysis) is 1. The lowest BCUT2D eigenvalue weighted by Gasteiger charge is -2.30. The molecule has 5 atom stereocenters. The first-order valence-corrected chi connectivity index (χ1v) is 21.1. The van der Waals surface area contributed by atoms with Gasteiger partial charge in [-0.1, -0.05) is 31.9 Å². The fourth-order valence-electron chi connectivity index (χ4n) is 7.00. The van der Waals surface area contributed by atoms with E-state index < -0.39 is 74.8 Å². The van der Waals surface area contributed by atoms with Crippen LogP contribution >= 0.6 is 0 Å². The summed E-state index contributed by atoms with van der Waals surface area (Å²) in [4.78, 5) is 61.7. The second-order valence-electron chi connectivity index (χ2n) is 16.2. The average Bonchev–Trinajstić information content (AvgIpc) is 3.89. The number of rotatable bonds is 9. The molecule has 3 aliphatic rings. The van der Waals surface area contributed by atoms with Gasteiger partial charge in [-0.2, -0.15) is 0 Å². The van der Waals surface area contributed by atoms with Crippen LogP contribution in [0.4, 0.5) is 4.79 Å². The Kier molecular flexibility index (Phi) is 13.4. The Morgan fingerprint density at radius 1 is 1.05 bits per heavy atom. The number of methoxy groups -OCH3 is 1. The lowest BCUT2D eigenvalue weighted by atomic mass is 9.99. The number of sulfonamides is 1. The third-order valence-electron chi connectivity index (χ3n) is 9.95. The van der Waals surface area contributed by atoms with Crippen LogP contribution in [-0.4, -0.2) is 97.0 Å². The fraction of sp³-hybridized carbons (Fsp3) is 0.625. The van der Waals surface area contributed by atoms with Gasteiger partial charge in [0.05, 0.1) is 30.5 Å². The highest BCUT2D eigenvalue weighted by atomic mass is 32.2. The standard InChI is InChI=1S/C40H57N5O10S/c1-23(2)53-33-21-32(28-18-19-31(52-8)25(4)35(28)42-33)54-26-20-30-36(46)43-34(37(47)44-56(50,51)27-16-17-27)24(3)14-12-10-9-11-13-15-29(38(48)45(30)22-26)41-39(49)55-40(5,6)7/h12,14,18-19,21,23-24,26-27,29-30,34H,9-11,13,15-17,20,22H2,1-8H3,(H,41,49)(H,43,46)(H,44,47). The van der Waals surface area contributed by atoms with Crippen molar-refractivity contribution in [1.29, 1.82) is 0 Å². The predicted octanol–water partition coefficient (Wildman–Crippen LogP) is 4.83. The maximum Gasteiger partial charge on any atom is 0.408 e. The van der Waals surface area contributed by atoms with E-state index in [-0.39, 0.29) is 19.1 Å². The summed E-state index contributed by atoms with van der Waals surface area (Å²) in [5, 5.41) is 5.55. The number of fused-ring (bicyclic) bond motifs is 2. The monoisotopic (exact) mass is 799 g/mol. The zero-order valence-corrected chi connectivity index (χ0v) is 34.5. The highest BCUT2D eigenvalue weighted by Gasteiger charge is 2.45.